The Kier molecular flexibility index (Phi) is 2.11. The molecule has 1 aliphatic carbocycles. The van der Waals surface area contributed by atoms with Crippen LogP contribution in [0.15, 0.2) is 12.3 Å². The van der Waals surface area contributed by atoms with Gasteiger partial charge < -0.3 is 0 Å². The molecule has 2 heterocycles. The SMILES string of the molecule is Clc1cc(Cl)n2ncc(C3CCC3)c2n1. The molecule has 15 heavy (non-hydrogen) atoms. The zero-order valence-corrected chi connectivity index (χ0v) is 9.46. The van der Waals surface area contributed by atoms with Gasteiger partial charge in [-0.2, -0.15) is 5.10 Å². The minimum Gasteiger partial charge on any atom is -0.216 e. The van der Waals surface area contributed by atoms with Crippen LogP contribution in [0.1, 0.15) is 30.7 Å². The maximum Gasteiger partial charge on any atom is 0.161 e. The van der Waals surface area contributed by atoms with Crippen LogP contribution in [-0.4, -0.2) is 14.6 Å². The van der Waals surface area contributed by atoms with E-state index in [0.717, 1.165) is 5.65 Å². The van der Waals surface area contributed by atoms with E-state index in [1.54, 1.807) is 10.6 Å². The van der Waals surface area contributed by atoms with Gasteiger partial charge in [0.25, 0.3) is 0 Å². The minimum atomic E-state index is 0.425. The van der Waals surface area contributed by atoms with E-state index < -0.39 is 0 Å². The average Bonchev–Trinajstić information content (AvgIpc) is 2.46. The summed E-state index contributed by atoms with van der Waals surface area (Å²) < 4.78 is 1.64. The lowest BCUT2D eigenvalue weighted by Gasteiger charge is -2.23. The van der Waals surface area contributed by atoms with Crippen molar-refractivity contribution in [3.05, 3.63) is 28.1 Å². The lowest BCUT2D eigenvalue weighted by atomic mass is 9.81. The Morgan fingerprint density at radius 2 is 2.13 bits per heavy atom. The molecular formula is C10H9Cl2N3. The van der Waals surface area contributed by atoms with Crippen LogP contribution in [0.25, 0.3) is 5.65 Å². The maximum atomic E-state index is 6.02. The summed E-state index contributed by atoms with van der Waals surface area (Å²) in [5.41, 5.74) is 1.97. The van der Waals surface area contributed by atoms with Crippen molar-refractivity contribution >= 4 is 28.8 Å². The van der Waals surface area contributed by atoms with Crippen LogP contribution in [0.2, 0.25) is 10.3 Å². The minimum absolute atomic E-state index is 0.425. The van der Waals surface area contributed by atoms with E-state index in [1.807, 2.05) is 6.20 Å². The molecule has 2 aromatic heterocycles. The first-order valence-electron chi connectivity index (χ1n) is 4.95. The summed E-state index contributed by atoms with van der Waals surface area (Å²) in [5.74, 6) is 0.588. The van der Waals surface area contributed by atoms with E-state index in [1.165, 1.54) is 24.8 Å². The second-order valence-electron chi connectivity index (χ2n) is 3.86. The van der Waals surface area contributed by atoms with Gasteiger partial charge in [-0.25, -0.2) is 9.50 Å². The summed E-state index contributed by atoms with van der Waals surface area (Å²) >= 11 is 11.9. The molecular weight excluding hydrogens is 233 g/mol. The number of hydrogen-bond donors (Lipinski definition) is 0. The smallest absolute Gasteiger partial charge is 0.161 e. The predicted octanol–water partition coefficient (Wildman–Crippen LogP) is 3.30. The van der Waals surface area contributed by atoms with E-state index in [-0.39, 0.29) is 0 Å². The van der Waals surface area contributed by atoms with E-state index >= 15 is 0 Å². The van der Waals surface area contributed by atoms with Crippen molar-refractivity contribution in [2.75, 3.05) is 0 Å². The van der Waals surface area contributed by atoms with Gasteiger partial charge in [0.1, 0.15) is 10.3 Å². The Labute approximate surface area is 97.0 Å². The lowest BCUT2D eigenvalue weighted by Crippen LogP contribution is -2.08. The molecule has 0 spiro atoms. The van der Waals surface area contributed by atoms with Crippen LogP contribution in [0.3, 0.4) is 0 Å². The molecule has 5 heteroatoms. The van der Waals surface area contributed by atoms with E-state index in [9.17, 15) is 0 Å². The Morgan fingerprint density at radius 3 is 2.80 bits per heavy atom. The van der Waals surface area contributed by atoms with E-state index in [0.29, 0.717) is 16.2 Å². The van der Waals surface area contributed by atoms with Crippen molar-refractivity contribution < 1.29 is 0 Å². The molecule has 1 aliphatic rings. The summed E-state index contributed by atoms with van der Waals surface area (Å²) in [5, 5.41) is 5.16. The van der Waals surface area contributed by atoms with Crippen molar-refractivity contribution in [2.24, 2.45) is 0 Å². The van der Waals surface area contributed by atoms with E-state index in [2.05, 4.69) is 10.1 Å². The molecule has 0 bridgehead atoms. The first-order chi connectivity index (χ1) is 7.25. The van der Waals surface area contributed by atoms with Crippen LogP contribution in [0.5, 0.6) is 0 Å². The Balaban J connectivity index is 2.23. The highest BCUT2D eigenvalue weighted by molar-refractivity contribution is 6.33. The van der Waals surface area contributed by atoms with Gasteiger partial charge in [0.2, 0.25) is 0 Å². The number of nitrogens with zero attached hydrogens (tertiary/aromatic N) is 3. The number of halogens is 2. The third-order valence-corrected chi connectivity index (χ3v) is 3.43. The Hall–Kier alpha value is -0.800. The molecule has 1 fully saturated rings. The van der Waals surface area contributed by atoms with Gasteiger partial charge in [-0.05, 0) is 18.8 Å². The van der Waals surface area contributed by atoms with Gasteiger partial charge in [0.15, 0.2) is 5.65 Å². The third kappa shape index (κ3) is 1.42. The second kappa shape index (κ2) is 3.35. The first-order valence-corrected chi connectivity index (χ1v) is 5.71. The number of fused-ring (bicyclic) bond motifs is 1. The zero-order valence-electron chi connectivity index (χ0n) is 7.95. The first kappa shape index (κ1) is 9.43. The molecule has 2 aromatic rings. The van der Waals surface area contributed by atoms with Crippen LogP contribution >= 0.6 is 23.2 Å². The van der Waals surface area contributed by atoms with Gasteiger partial charge in [-0.1, -0.05) is 29.6 Å². The molecule has 3 rings (SSSR count). The number of aromatic nitrogens is 3. The van der Waals surface area contributed by atoms with Gasteiger partial charge in [0.05, 0.1) is 6.20 Å². The van der Waals surface area contributed by atoms with Crippen molar-refractivity contribution in [1.29, 1.82) is 0 Å². The summed E-state index contributed by atoms with van der Waals surface area (Å²) in [6, 6.07) is 1.60. The third-order valence-electron chi connectivity index (χ3n) is 2.97. The van der Waals surface area contributed by atoms with Crippen LogP contribution < -0.4 is 0 Å². The molecule has 1 saturated carbocycles. The molecule has 0 aromatic carbocycles. The highest BCUT2D eigenvalue weighted by Crippen LogP contribution is 2.38. The molecule has 0 aliphatic heterocycles. The number of hydrogen-bond acceptors (Lipinski definition) is 2. The molecule has 0 atom stereocenters. The lowest BCUT2D eigenvalue weighted by molar-refractivity contribution is 0.421. The van der Waals surface area contributed by atoms with Gasteiger partial charge in [-0.3, -0.25) is 0 Å². The summed E-state index contributed by atoms with van der Waals surface area (Å²) in [4.78, 5) is 4.28. The molecule has 3 nitrogen and oxygen atoms in total. The van der Waals surface area contributed by atoms with Crippen molar-refractivity contribution in [2.45, 2.75) is 25.2 Å². The standard InChI is InChI=1S/C10H9Cl2N3/c11-8-4-9(12)15-10(14-8)7(5-13-15)6-2-1-3-6/h4-6H,1-3H2. The predicted molar refractivity (Wildman–Crippen MR) is 59.6 cm³/mol. The van der Waals surface area contributed by atoms with Crippen molar-refractivity contribution in [1.82, 2.24) is 14.6 Å². The summed E-state index contributed by atoms with van der Waals surface area (Å²) in [7, 11) is 0. The molecule has 0 saturated heterocycles. The highest BCUT2D eigenvalue weighted by Gasteiger charge is 2.24. The average molecular weight is 242 g/mol. The maximum absolute atomic E-state index is 6.02. The number of rotatable bonds is 1. The van der Waals surface area contributed by atoms with Gasteiger partial charge in [-0.15, -0.1) is 0 Å². The quantitative estimate of drug-likeness (QED) is 0.718. The van der Waals surface area contributed by atoms with Gasteiger partial charge >= 0.3 is 0 Å². The normalized spacial score (nSPS) is 16.9. The molecule has 0 radical (unpaired) electrons. The fourth-order valence-corrected chi connectivity index (χ4v) is 2.39. The van der Waals surface area contributed by atoms with Crippen molar-refractivity contribution in [3.8, 4) is 0 Å². The summed E-state index contributed by atoms with van der Waals surface area (Å²) in [6.45, 7) is 0. The molecule has 0 unspecified atom stereocenters. The Bertz CT molecular complexity index is 517. The fraction of sp³-hybridized carbons (Fsp3) is 0.400. The largest absolute Gasteiger partial charge is 0.216 e. The van der Waals surface area contributed by atoms with Gasteiger partial charge in [0, 0.05) is 11.6 Å². The highest BCUT2D eigenvalue weighted by atomic mass is 35.5. The molecule has 0 amide bonds. The van der Waals surface area contributed by atoms with E-state index in [4.69, 9.17) is 23.2 Å². The van der Waals surface area contributed by atoms with Crippen LogP contribution in [0.4, 0.5) is 0 Å². The van der Waals surface area contributed by atoms with Crippen LogP contribution in [0, 0.1) is 0 Å². The monoisotopic (exact) mass is 241 g/mol. The molecule has 78 valence electrons. The molecule has 0 N–H and O–H groups in total. The zero-order chi connectivity index (χ0) is 10.4. The summed E-state index contributed by atoms with van der Waals surface area (Å²) in [6.07, 6.45) is 5.57. The Morgan fingerprint density at radius 1 is 1.33 bits per heavy atom. The fourth-order valence-electron chi connectivity index (χ4n) is 1.92. The van der Waals surface area contributed by atoms with Crippen molar-refractivity contribution in [3.63, 3.8) is 0 Å². The van der Waals surface area contributed by atoms with Crippen LogP contribution in [-0.2, 0) is 0 Å². The topological polar surface area (TPSA) is 30.2 Å². The second-order valence-corrected chi connectivity index (χ2v) is 4.64.